The molecule has 1 aliphatic heterocycles. The fourth-order valence-corrected chi connectivity index (χ4v) is 1.18. The molecule has 0 fully saturated rings. The van der Waals surface area contributed by atoms with E-state index in [0.717, 1.165) is 6.42 Å². The summed E-state index contributed by atoms with van der Waals surface area (Å²) in [6, 6.07) is 0. The second-order valence-corrected chi connectivity index (χ2v) is 2.86. The first-order chi connectivity index (χ1) is 4.69. The molecular formula is C8H13NO. The van der Waals surface area contributed by atoms with Crippen LogP contribution in [0.4, 0.5) is 0 Å². The Morgan fingerprint density at radius 2 is 2.50 bits per heavy atom. The summed E-state index contributed by atoms with van der Waals surface area (Å²) in [6.45, 7) is 3.84. The van der Waals surface area contributed by atoms with Crippen LogP contribution in [-0.2, 0) is 4.79 Å². The van der Waals surface area contributed by atoms with Gasteiger partial charge in [-0.05, 0) is 19.5 Å². The second kappa shape index (κ2) is 2.45. The first-order valence-corrected chi connectivity index (χ1v) is 3.65. The number of hydrogen-bond acceptors (Lipinski definition) is 2. The van der Waals surface area contributed by atoms with Gasteiger partial charge in [-0.1, -0.05) is 13.0 Å². The highest BCUT2D eigenvalue weighted by atomic mass is 16.1. The van der Waals surface area contributed by atoms with Crippen LogP contribution in [0.15, 0.2) is 12.3 Å². The van der Waals surface area contributed by atoms with E-state index in [4.69, 9.17) is 0 Å². The Labute approximate surface area is 61.3 Å². The van der Waals surface area contributed by atoms with Crippen LogP contribution in [0.25, 0.3) is 0 Å². The average Bonchev–Trinajstić information content (AvgIpc) is 2.36. The summed E-state index contributed by atoms with van der Waals surface area (Å²) in [6.07, 6.45) is 5.30. The minimum absolute atomic E-state index is 0.289. The van der Waals surface area contributed by atoms with Crippen molar-refractivity contribution in [3.8, 4) is 0 Å². The van der Waals surface area contributed by atoms with E-state index >= 15 is 0 Å². The van der Waals surface area contributed by atoms with Crippen LogP contribution in [0.5, 0.6) is 0 Å². The standard InChI is InChI=1S/C8H13NO/c1-3-7(10)8(2)5-4-6-9-8/h4,6,9H,3,5H2,1-2H3. The van der Waals surface area contributed by atoms with Crippen molar-refractivity contribution in [2.45, 2.75) is 32.2 Å². The molecule has 0 bridgehead atoms. The van der Waals surface area contributed by atoms with Crippen molar-refractivity contribution in [2.75, 3.05) is 0 Å². The topological polar surface area (TPSA) is 29.1 Å². The fourth-order valence-electron chi connectivity index (χ4n) is 1.18. The van der Waals surface area contributed by atoms with Gasteiger partial charge in [0.15, 0.2) is 5.78 Å². The maximum absolute atomic E-state index is 11.2. The third kappa shape index (κ3) is 1.06. The van der Waals surface area contributed by atoms with E-state index in [-0.39, 0.29) is 11.3 Å². The second-order valence-electron chi connectivity index (χ2n) is 2.86. The van der Waals surface area contributed by atoms with Gasteiger partial charge in [0, 0.05) is 6.42 Å². The van der Waals surface area contributed by atoms with Crippen LogP contribution < -0.4 is 5.32 Å². The van der Waals surface area contributed by atoms with E-state index in [1.807, 2.05) is 26.1 Å². The molecule has 0 aromatic rings. The Morgan fingerprint density at radius 3 is 2.90 bits per heavy atom. The molecular weight excluding hydrogens is 126 g/mol. The van der Waals surface area contributed by atoms with Crippen LogP contribution in [0.2, 0.25) is 0 Å². The van der Waals surface area contributed by atoms with Gasteiger partial charge in [-0.25, -0.2) is 0 Å². The van der Waals surface area contributed by atoms with E-state index in [9.17, 15) is 4.79 Å². The molecule has 0 saturated carbocycles. The SMILES string of the molecule is CCC(=O)C1(C)CC=CN1. The van der Waals surface area contributed by atoms with Crippen LogP contribution in [0, 0.1) is 0 Å². The Kier molecular flexibility index (Phi) is 1.79. The Bertz CT molecular complexity index is 164. The first kappa shape index (κ1) is 7.32. The highest BCUT2D eigenvalue weighted by Crippen LogP contribution is 2.18. The zero-order valence-corrected chi connectivity index (χ0v) is 6.48. The fraction of sp³-hybridized carbons (Fsp3) is 0.625. The van der Waals surface area contributed by atoms with Gasteiger partial charge in [-0.3, -0.25) is 4.79 Å². The van der Waals surface area contributed by atoms with E-state index < -0.39 is 0 Å². The van der Waals surface area contributed by atoms with Crippen molar-refractivity contribution in [1.29, 1.82) is 0 Å². The number of hydrogen-bond donors (Lipinski definition) is 1. The van der Waals surface area contributed by atoms with Crippen molar-refractivity contribution in [3.05, 3.63) is 12.3 Å². The van der Waals surface area contributed by atoms with Crippen molar-refractivity contribution < 1.29 is 4.79 Å². The van der Waals surface area contributed by atoms with Gasteiger partial charge >= 0.3 is 0 Å². The first-order valence-electron chi connectivity index (χ1n) is 3.65. The normalized spacial score (nSPS) is 30.2. The summed E-state index contributed by atoms with van der Waals surface area (Å²) < 4.78 is 0. The van der Waals surface area contributed by atoms with Crippen molar-refractivity contribution in [1.82, 2.24) is 5.32 Å². The van der Waals surface area contributed by atoms with Gasteiger partial charge in [-0.15, -0.1) is 0 Å². The van der Waals surface area contributed by atoms with E-state index in [0.29, 0.717) is 6.42 Å². The summed E-state index contributed by atoms with van der Waals surface area (Å²) in [7, 11) is 0. The molecule has 0 aromatic carbocycles. The zero-order chi connectivity index (χ0) is 7.61. The van der Waals surface area contributed by atoms with Crippen LogP contribution in [0.1, 0.15) is 26.7 Å². The molecule has 1 atom stereocenters. The molecule has 0 saturated heterocycles. The number of carbonyl (C=O) groups excluding carboxylic acids is 1. The van der Waals surface area contributed by atoms with Gasteiger partial charge in [-0.2, -0.15) is 0 Å². The van der Waals surface area contributed by atoms with E-state index in [1.54, 1.807) is 0 Å². The molecule has 1 rings (SSSR count). The lowest BCUT2D eigenvalue weighted by atomic mass is 9.93. The molecule has 0 spiro atoms. The molecule has 0 aliphatic carbocycles. The van der Waals surface area contributed by atoms with Gasteiger partial charge in [0.2, 0.25) is 0 Å². The molecule has 1 unspecified atom stereocenters. The predicted octanol–water partition coefficient (Wildman–Crippen LogP) is 1.23. The van der Waals surface area contributed by atoms with Gasteiger partial charge < -0.3 is 5.32 Å². The average molecular weight is 139 g/mol. The number of nitrogens with one attached hydrogen (secondary N) is 1. The third-order valence-electron chi connectivity index (χ3n) is 1.98. The number of carbonyl (C=O) groups is 1. The predicted molar refractivity (Wildman–Crippen MR) is 40.6 cm³/mol. The van der Waals surface area contributed by atoms with E-state index in [1.165, 1.54) is 0 Å². The third-order valence-corrected chi connectivity index (χ3v) is 1.98. The summed E-state index contributed by atoms with van der Waals surface area (Å²) in [4.78, 5) is 11.2. The Balaban J connectivity index is 2.61. The number of rotatable bonds is 2. The van der Waals surface area contributed by atoms with Crippen LogP contribution >= 0.6 is 0 Å². The van der Waals surface area contributed by atoms with Gasteiger partial charge in [0.1, 0.15) is 0 Å². The number of Topliss-reactive ketones (excluding diaryl/α,β-unsaturated/α-hetero) is 1. The maximum atomic E-state index is 11.2. The molecule has 1 N–H and O–H groups in total. The Hall–Kier alpha value is -0.790. The highest BCUT2D eigenvalue weighted by molar-refractivity contribution is 5.88. The highest BCUT2D eigenvalue weighted by Gasteiger charge is 2.31. The lowest BCUT2D eigenvalue weighted by molar-refractivity contribution is -0.123. The molecule has 1 heterocycles. The molecule has 2 heteroatoms. The lowest BCUT2D eigenvalue weighted by Gasteiger charge is -2.22. The van der Waals surface area contributed by atoms with Gasteiger partial charge in [0.25, 0.3) is 0 Å². The molecule has 0 aromatic heterocycles. The van der Waals surface area contributed by atoms with Crippen LogP contribution in [-0.4, -0.2) is 11.3 Å². The summed E-state index contributed by atoms with van der Waals surface area (Å²) >= 11 is 0. The molecule has 0 amide bonds. The van der Waals surface area contributed by atoms with Crippen molar-refractivity contribution >= 4 is 5.78 Å². The molecule has 56 valence electrons. The summed E-state index contributed by atoms with van der Waals surface area (Å²) in [5, 5.41) is 3.05. The smallest absolute Gasteiger partial charge is 0.157 e. The lowest BCUT2D eigenvalue weighted by Crippen LogP contribution is -2.43. The maximum Gasteiger partial charge on any atom is 0.157 e. The van der Waals surface area contributed by atoms with E-state index in [2.05, 4.69) is 5.32 Å². The van der Waals surface area contributed by atoms with Crippen molar-refractivity contribution in [2.24, 2.45) is 0 Å². The van der Waals surface area contributed by atoms with Crippen molar-refractivity contribution in [3.63, 3.8) is 0 Å². The van der Waals surface area contributed by atoms with Gasteiger partial charge in [0.05, 0.1) is 5.54 Å². The summed E-state index contributed by atoms with van der Waals surface area (Å²) in [5.74, 6) is 0.289. The quantitative estimate of drug-likeness (QED) is 0.623. The minimum atomic E-state index is -0.297. The number of ketones is 1. The van der Waals surface area contributed by atoms with Crippen LogP contribution in [0.3, 0.4) is 0 Å². The summed E-state index contributed by atoms with van der Waals surface area (Å²) in [5.41, 5.74) is -0.297. The largest absolute Gasteiger partial charge is 0.379 e. The molecule has 10 heavy (non-hydrogen) atoms. The molecule has 0 radical (unpaired) electrons. The monoisotopic (exact) mass is 139 g/mol. The Morgan fingerprint density at radius 1 is 1.80 bits per heavy atom. The zero-order valence-electron chi connectivity index (χ0n) is 6.48. The molecule has 2 nitrogen and oxygen atoms in total. The minimum Gasteiger partial charge on any atom is -0.379 e. The molecule has 1 aliphatic rings.